The molecular weight excluding hydrogens is 555 g/mol. The van der Waals surface area contributed by atoms with Crippen molar-refractivity contribution in [1.82, 2.24) is 14.9 Å². The quantitative estimate of drug-likeness (QED) is 0.168. The highest BCUT2D eigenvalue weighted by Crippen LogP contribution is 2.32. The van der Waals surface area contributed by atoms with Crippen LogP contribution in [0.1, 0.15) is 34.1 Å². The third-order valence-electron chi connectivity index (χ3n) is 6.62. The van der Waals surface area contributed by atoms with Crippen LogP contribution in [0.4, 0.5) is 10.1 Å². The van der Waals surface area contributed by atoms with E-state index < -0.39 is 17.8 Å². The fourth-order valence-corrected chi connectivity index (χ4v) is 5.32. The Morgan fingerprint density at radius 2 is 1.62 bits per heavy atom. The van der Waals surface area contributed by atoms with Gasteiger partial charge in [0.1, 0.15) is 23.4 Å². The number of nitrogens with one attached hydrogen (secondary N) is 1. The molecule has 218 valence electrons. The second kappa shape index (κ2) is 14.0. The summed E-state index contributed by atoms with van der Waals surface area (Å²) >= 11 is 1.20. The van der Waals surface area contributed by atoms with E-state index in [0.29, 0.717) is 27.9 Å². The Hall–Kier alpha value is -4.44. The minimum atomic E-state index is -1.09. The summed E-state index contributed by atoms with van der Waals surface area (Å²) in [5.74, 6) is -0.307. The number of hydrogen-bond acceptors (Lipinski definition) is 7. The van der Waals surface area contributed by atoms with Crippen LogP contribution < -0.4 is 14.8 Å². The van der Waals surface area contributed by atoms with Gasteiger partial charge in [0.15, 0.2) is 5.16 Å². The summed E-state index contributed by atoms with van der Waals surface area (Å²) in [7, 11) is 3.02. The molecule has 10 heteroatoms. The number of aromatic nitrogens is 2. The van der Waals surface area contributed by atoms with Crippen molar-refractivity contribution in [3.8, 4) is 11.5 Å². The van der Waals surface area contributed by atoms with Crippen LogP contribution >= 0.6 is 11.8 Å². The van der Waals surface area contributed by atoms with Gasteiger partial charge in [-0.25, -0.2) is 14.4 Å². The zero-order valence-electron chi connectivity index (χ0n) is 24.2. The second-order valence-electron chi connectivity index (χ2n) is 9.68. The largest absolute Gasteiger partial charge is 0.497 e. The van der Waals surface area contributed by atoms with E-state index in [2.05, 4.69) is 15.3 Å². The van der Waals surface area contributed by atoms with Gasteiger partial charge in [-0.2, -0.15) is 0 Å². The molecule has 1 aromatic heterocycles. The number of amides is 2. The molecule has 4 aromatic rings. The fraction of sp³-hybridized carbons (Fsp3) is 0.250. The van der Waals surface area contributed by atoms with Crippen molar-refractivity contribution in [2.45, 2.75) is 38.5 Å². The molecule has 0 fully saturated rings. The molecule has 2 amide bonds. The van der Waals surface area contributed by atoms with Crippen molar-refractivity contribution in [3.63, 3.8) is 0 Å². The van der Waals surface area contributed by atoms with E-state index in [9.17, 15) is 14.0 Å². The third-order valence-corrected chi connectivity index (χ3v) is 7.45. The summed E-state index contributed by atoms with van der Waals surface area (Å²) < 4.78 is 24.7. The van der Waals surface area contributed by atoms with E-state index in [0.717, 1.165) is 22.5 Å². The normalized spacial score (nSPS) is 11.5. The number of hydrogen-bond donors (Lipinski definition) is 1. The number of nitrogens with zero attached hydrogens (tertiary/aromatic N) is 3. The number of carbonyl (C=O) groups is 2. The molecule has 0 bridgehead atoms. The number of methoxy groups -OCH3 is 2. The lowest BCUT2D eigenvalue weighted by Crippen LogP contribution is -2.42. The first-order valence-electron chi connectivity index (χ1n) is 13.3. The lowest BCUT2D eigenvalue weighted by molar-refractivity contribution is -0.137. The summed E-state index contributed by atoms with van der Waals surface area (Å²) in [5.41, 5.74) is 4.29. The first-order valence-corrected chi connectivity index (χ1v) is 14.2. The Labute approximate surface area is 249 Å². The predicted octanol–water partition coefficient (Wildman–Crippen LogP) is 6.06. The molecule has 8 nitrogen and oxygen atoms in total. The molecule has 0 radical (unpaired) electrons. The van der Waals surface area contributed by atoms with Crippen molar-refractivity contribution in [1.29, 1.82) is 0 Å². The van der Waals surface area contributed by atoms with E-state index in [1.54, 1.807) is 18.2 Å². The fourth-order valence-electron chi connectivity index (χ4n) is 4.48. The first kappa shape index (κ1) is 30.5. The van der Waals surface area contributed by atoms with Gasteiger partial charge >= 0.3 is 0 Å². The monoisotopic (exact) mass is 588 g/mol. The van der Waals surface area contributed by atoms with Crippen molar-refractivity contribution in [2.75, 3.05) is 25.3 Å². The summed E-state index contributed by atoms with van der Waals surface area (Å²) in [4.78, 5) is 38.5. The first-order chi connectivity index (χ1) is 20.2. The number of ether oxygens (including phenoxy) is 2. The summed E-state index contributed by atoms with van der Waals surface area (Å²) in [6.45, 7) is 5.83. The van der Waals surface area contributed by atoms with Crippen LogP contribution in [0.5, 0.6) is 11.5 Å². The number of benzene rings is 3. The Morgan fingerprint density at radius 1 is 0.929 bits per heavy atom. The van der Waals surface area contributed by atoms with Crippen molar-refractivity contribution in [3.05, 3.63) is 107 Å². The number of aryl methyl sites for hydroxylation is 3. The van der Waals surface area contributed by atoms with E-state index >= 15 is 0 Å². The second-order valence-corrected chi connectivity index (χ2v) is 10.6. The van der Waals surface area contributed by atoms with Gasteiger partial charge in [-0.3, -0.25) is 9.59 Å². The van der Waals surface area contributed by atoms with Crippen molar-refractivity contribution >= 4 is 29.3 Å². The molecule has 0 saturated carbocycles. The van der Waals surface area contributed by atoms with E-state index in [1.807, 2.05) is 51.1 Å². The molecule has 1 heterocycles. The van der Waals surface area contributed by atoms with Gasteiger partial charge in [0.2, 0.25) is 5.91 Å². The molecule has 1 N–H and O–H groups in total. The summed E-state index contributed by atoms with van der Waals surface area (Å²) in [6.07, 6.45) is 0. The lowest BCUT2D eigenvalue weighted by atomic mass is 10.0. The Bertz CT molecular complexity index is 1540. The van der Waals surface area contributed by atoms with Gasteiger partial charge in [-0.15, -0.1) is 0 Å². The van der Waals surface area contributed by atoms with E-state index in [4.69, 9.17) is 9.47 Å². The zero-order valence-corrected chi connectivity index (χ0v) is 25.0. The molecule has 0 aliphatic heterocycles. The highest BCUT2D eigenvalue weighted by atomic mass is 32.2. The highest BCUT2D eigenvalue weighted by molar-refractivity contribution is 7.99. The van der Waals surface area contributed by atoms with Gasteiger partial charge in [-0.1, -0.05) is 48.2 Å². The number of carbonyl (C=O) groups excluding carboxylic acids is 2. The van der Waals surface area contributed by atoms with Gasteiger partial charge in [0.25, 0.3) is 5.91 Å². The Kier molecular flexibility index (Phi) is 10.1. The maximum absolute atomic E-state index is 14.1. The van der Waals surface area contributed by atoms with Crippen LogP contribution in [0.15, 0.2) is 78.0 Å². The summed E-state index contributed by atoms with van der Waals surface area (Å²) in [5, 5.41) is 3.39. The standard InChI is InChI=1S/C32H33FN4O4S/c1-20-8-6-7-9-24(20)18-37(29(38)19-42-32-34-21(2)16-22(3)35-32)30(23-10-12-25(33)13-11-23)31(39)36-27-15-14-26(40-4)17-28(27)41-5/h6-17,30H,18-19H2,1-5H3,(H,36,39)/t30-/m0/s1. The van der Waals surface area contributed by atoms with Gasteiger partial charge in [0, 0.05) is 24.0 Å². The number of rotatable bonds is 11. The molecule has 1 atom stereocenters. The van der Waals surface area contributed by atoms with Crippen molar-refractivity contribution < 1.29 is 23.5 Å². The van der Waals surface area contributed by atoms with Crippen LogP contribution in [0, 0.1) is 26.6 Å². The topological polar surface area (TPSA) is 93.7 Å². The van der Waals surface area contributed by atoms with Crippen molar-refractivity contribution in [2.24, 2.45) is 0 Å². The Morgan fingerprint density at radius 3 is 2.26 bits per heavy atom. The maximum atomic E-state index is 14.1. The molecule has 0 saturated heterocycles. The molecule has 4 rings (SSSR count). The molecule has 0 spiro atoms. The molecule has 0 aliphatic carbocycles. The molecular formula is C32H33FN4O4S. The predicted molar refractivity (Wildman–Crippen MR) is 161 cm³/mol. The smallest absolute Gasteiger partial charge is 0.251 e. The van der Waals surface area contributed by atoms with E-state index in [-0.39, 0.29) is 18.2 Å². The maximum Gasteiger partial charge on any atom is 0.251 e. The number of thioether (sulfide) groups is 1. The van der Waals surface area contributed by atoms with E-state index in [1.165, 1.54) is 55.1 Å². The third kappa shape index (κ3) is 7.64. The van der Waals surface area contributed by atoms with Crippen LogP contribution in [0.25, 0.3) is 0 Å². The number of anilines is 1. The molecule has 42 heavy (non-hydrogen) atoms. The van der Waals surface area contributed by atoms with Gasteiger partial charge in [-0.05, 0) is 67.8 Å². The SMILES string of the molecule is COc1ccc(NC(=O)[C@H](c2ccc(F)cc2)N(Cc2ccccc2C)C(=O)CSc2nc(C)cc(C)n2)c(OC)c1. The molecule has 0 aliphatic rings. The Balaban J connectivity index is 1.74. The minimum absolute atomic E-state index is 0.00833. The van der Waals surface area contributed by atoms with Crippen LogP contribution in [-0.4, -0.2) is 46.7 Å². The van der Waals surface area contributed by atoms with Crippen LogP contribution in [-0.2, 0) is 16.1 Å². The molecule has 3 aromatic carbocycles. The van der Waals surface area contributed by atoms with Crippen LogP contribution in [0.2, 0.25) is 0 Å². The zero-order chi connectivity index (χ0) is 30.2. The van der Waals surface area contributed by atoms with Gasteiger partial charge < -0.3 is 19.7 Å². The molecule has 0 unspecified atom stereocenters. The highest BCUT2D eigenvalue weighted by Gasteiger charge is 2.33. The van der Waals surface area contributed by atoms with Gasteiger partial charge in [0.05, 0.1) is 25.7 Å². The average molecular weight is 589 g/mol. The number of halogens is 1. The minimum Gasteiger partial charge on any atom is -0.497 e. The summed E-state index contributed by atoms with van der Waals surface area (Å²) in [6, 6.07) is 19.0. The van der Waals surface area contributed by atoms with Crippen LogP contribution in [0.3, 0.4) is 0 Å². The lowest BCUT2D eigenvalue weighted by Gasteiger charge is -2.32. The average Bonchev–Trinajstić information content (AvgIpc) is 2.97.